The molecule has 0 heterocycles. The first-order valence-electron chi connectivity index (χ1n) is 4.94. The number of likely N-dealkylation sites (N-methyl/N-ethyl adjacent to an activating group) is 1. The molecular weight excluding hydrogens is 245 g/mol. The van der Waals surface area contributed by atoms with E-state index in [1.54, 1.807) is 12.1 Å². The molecule has 1 atom stereocenters. The average Bonchev–Trinajstić information content (AvgIpc) is 2.15. The van der Waals surface area contributed by atoms with Crippen LogP contribution in [-0.2, 0) is 0 Å². The zero-order valence-electron chi connectivity index (χ0n) is 10.00. The van der Waals surface area contributed by atoms with E-state index in [9.17, 15) is 4.79 Å². The number of nitrogens with zero attached hydrogens (tertiary/aromatic N) is 1. The minimum absolute atomic E-state index is 0. The smallest absolute Gasteiger partial charge is 0.221 e. The topological polar surface area (TPSA) is 17.1 Å². The Balaban J connectivity index is 0.00000225. The number of Topliss-reactive ketones (excluding diaryl/α,β-unsaturated/α-hetero) is 1. The fraction of sp³-hybridized carbons (Fsp3) is 0.417. The summed E-state index contributed by atoms with van der Waals surface area (Å²) in [6, 6.07) is 7.09. The van der Waals surface area contributed by atoms with Crippen LogP contribution in [0.1, 0.15) is 17.3 Å². The van der Waals surface area contributed by atoms with Crippen LogP contribution in [-0.4, -0.2) is 37.5 Å². The molecule has 1 unspecified atom stereocenters. The summed E-state index contributed by atoms with van der Waals surface area (Å²) >= 11 is 5.99. The Morgan fingerprint density at radius 3 is 2.19 bits per heavy atom. The van der Waals surface area contributed by atoms with Crippen molar-refractivity contribution in [2.24, 2.45) is 0 Å². The molecule has 16 heavy (non-hydrogen) atoms. The molecule has 0 amide bonds. The quantitative estimate of drug-likeness (QED) is 0.536. The molecular formula is C12H17Cl2NO. The predicted octanol–water partition coefficient (Wildman–Crippen LogP) is -0.379. The van der Waals surface area contributed by atoms with E-state index in [2.05, 4.69) is 0 Å². The van der Waals surface area contributed by atoms with E-state index in [-0.39, 0.29) is 24.2 Å². The van der Waals surface area contributed by atoms with Crippen molar-refractivity contribution >= 4 is 17.4 Å². The summed E-state index contributed by atoms with van der Waals surface area (Å²) in [5, 5.41) is 0.530. The third kappa shape index (κ3) is 3.48. The van der Waals surface area contributed by atoms with E-state index >= 15 is 0 Å². The van der Waals surface area contributed by atoms with Crippen LogP contribution in [0.15, 0.2) is 24.3 Å². The second-order valence-electron chi connectivity index (χ2n) is 4.64. The Morgan fingerprint density at radius 2 is 1.75 bits per heavy atom. The van der Waals surface area contributed by atoms with Crippen molar-refractivity contribution in [1.29, 1.82) is 0 Å². The van der Waals surface area contributed by atoms with Crippen LogP contribution < -0.4 is 12.4 Å². The lowest BCUT2D eigenvalue weighted by Gasteiger charge is -2.30. The lowest BCUT2D eigenvalue weighted by molar-refractivity contribution is -0.883. The first-order chi connectivity index (χ1) is 6.84. The molecule has 4 heteroatoms. The number of hydrogen-bond acceptors (Lipinski definition) is 1. The van der Waals surface area contributed by atoms with E-state index in [4.69, 9.17) is 11.6 Å². The molecule has 0 spiro atoms. The second kappa shape index (κ2) is 5.67. The SMILES string of the molecule is CC(C(=O)c1ccccc1Cl)[N+](C)(C)C.[Cl-]. The molecule has 0 radical (unpaired) electrons. The van der Waals surface area contributed by atoms with Crippen LogP contribution >= 0.6 is 11.6 Å². The number of carbonyl (C=O) groups is 1. The van der Waals surface area contributed by atoms with Crippen molar-refractivity contribution in [3.05, 3.63) is 34.9 Å². The normalized spacial score (nSPS) is 12.8. The molecule has 0 aliphatic carbocycles. The molecule has 1 aromatic rings. The minimum Gasteiger partial charge on any atom is -1.00 e. The van der Waals surface area contributed by atoms with E-state index in [0.29, 0.717) is 15.1 Å². The number of ketones is 1. The Hall–Kier alpha value is -0.570. The van der Waals surface area contributed by atoms with Gasteiger partial charge in [0.25, 0.3) is 0 Å². The molecule has 0 saturated carbocycles. The molecule has 0 N–H and O–H groups in total. The summed E-state index contributed by atoms with van der Waals surface area (Å²) in [4.78, 5) is 12.1. The Kier molecular flexibility index (Phi) is 5.47. The van der Waals surface area contributed by atoms with Crippen LogP contribution in [0.4, 0.5) is 0 Å². The molecule has 0 aliphatic rings. The van der Waals surface area contributed by atoms with Gasteiger partial charge in [0, 0.05) is 5.56 Å². The highest BCUT2D eigenvalue weighted by atomic mass is 35.5. The van der Waals surface area contributed by atoms with Gasteiger partial charge in [0.05, 0.1) is 26.2 Å². The maximum atomic E-state index is 12.1. The Labute approximate surface area is 108 Å². The van der Waals surface area contributed by atoms with Crippen molar-refractivity contribution in [2.45, 2.75) is 13.0 Å². The number of benzene rings is 1. The summed E-state index contributed by atoms with van der Waals surface area (Å²) < 4.78 is 0.601. The molecule has 0 aliphatic heterocycles. The third-order valence-electron chi connectivity index (χ3n) is 2.68. The minimum atomic E-state index is -0.0927. The number of halogens is 2. The van der Waals surface area contributed by atoms with Gasteiger partial charge >= 0.3 is 0 Å². The molecule has 90 valence electrons. The number of hydrogen-bond donors (Lipinski definition) is 0. The van der Waals surface area contributed by atoms with Gasteiger partial charge in [0.15, 0.2) is 0 Å². The van der Waals surface area contributed by atoms with Crippen molar-refractivity contribution < 1.29 is 21.7 Å². The van der Waals surface area contributed by atoms with Gasteiger partial charge in [-0.15, -0.1) is 0 Å². The lowest BCUT2D eigenvalue weighted by Crippen LogP contribution is -3.00. The van der Waals surface area contributed by atoms with Gasteiger partial charge in [0.2, 0.25) is 5.78 Å². The Morgan fingerprint density at radius 1 is 1.25 bits per heavy atom. The van der Waals surface area contributed by atoms with Crippen LogP contribution in [0.5, 0.6) is 0 Å². The maximum Gasteiger partial charge on any atom is 0.221 e. The Bertz CT molecular complexity index is 372. The largest absolute Gasteiger partial charge is 1.00 e. The van der Waals surface area contributed by atoms with E-state index in [1.807, 2.05) is 40.2 Å². The summed E-state index contributed by atoms with van der Waals surface area (Å²) in [6.07, 6.45) is 0. The lowest BCUT2D eigenvalue weighted by atomic mass is 10.0. The zero-order valence-corrected chi connectivity index (χ0v) is 11.5. The molecule has 2 nitrogen and oxygen atoms in total. The van der Waals surface area contributed by atoms with Gasteiger partial charge in [-0.2, -0.15) is 0 Å². The van der Waals surface area contributed by atoms with Gasteiger partial charge in [-0.25, -0.2) is 0 Å². The van der Waals surface area contributed by atoms with Gasteiger partial charge in [-0.3, -0.25) is 4.79 Å². The van der Waals surface area contributed by atoms with Crippen molar-refractivity contribution in [1.82, 2.24) is 0 Å². The summed E-state index contributed by atoms with van der Waals surface area (Å²) in [5.74, 6) is 0.0908. The average molecular weight is 262 g/mol. The van der Waals surface area contributed by atoms with Gasteiger partial charge in [-0.05, 0) is 19.1 Å². The van der Waals surface area contributed by atoms with Crippen LogP contribution in [0.2, 0.25) is 5.02 Å². The second-order valence-corrected chi connectivity index (χ2v) is 5.04. The maximum absolute atomic E-state index is 12.1. The highest BCUT2D eigenvalue weighted by Gasteiger charge is 2.28. The highest BCUT2D eigenvalue weighted by Crippen LogP contribution is 2.19. The van der Waals surface area contributed by atoms with Crippen molar-refractivity contribution in [3.8, 4) is 0 Å². The zero-order chi connectivity index (χ0) is 11.6. The van der Waals surface area contributed by atoms with E-state index in [0.717, 1.165) is 0 Å². The summed E-state index contributed by atoms with van der Waals surface area (Å²) in [6.45, 7) is 1.92. The summed E-state index contributed by atoms with van der Waals surface area (Å²) in [7, 11) is 6.00. The van der Waals surface area contributed by atoms with Gasteiger partial charge in [-0.1, -0.05) is 23.7 Å². The van der Waals surface area contributed by atoms with Crippen LogP contribution in [0.3, 0.4) is 0 Å². The van der Waals surface area contributed by atoms with E-state index < -0.39 is 0 Å². The predicted molar refractivity (Wildman–Crippen MR) is 63.3 cm³/mol. The van der Waals surface area contributed by atoms with Crippen LogP contribution in [0.25, 0.3) is 0 Å². The molecule has 1 rings (SSSR count). The van der Waals surface area contributed by atoms with Crippen molar-refractivity contribution in [3.63, 3.8) is 0 Å². The van der Waals surface area contributed by atoms with Crippen molar-refractivity contribution in [2.75, 3.05) is 21.1 Å². The molecule has 0 aromatic heterocycles. The fourth-order valence-corrected chi connectivity index (χ4v) is 1.47. The standard InChI is InChI=1S/C12H17ClNO.ClH/c1-9(14(2,3)4)12(15)10-7-5-6-8-11(10)13;/h5-9H,1-4H3;1H/q+1;/p-1. The number of rotatable bonds is 3. The molecule has 0 fully saturated rings. The highest BCUT2D eigenvalue weighted by molar-refractivity contribution is 6.34. The first-order valence-corrected chi connectivity index (χ1v) is 5.31. The summed E-state index contributed by atoms with van der Waals surface area (Å²) in [5.41, 5.74) is 0.611. The van der Waals surface area contributed by atoms with E-state index in [1.165, 1.54) is 0 Å². The van der Waals surface area contributed by atoms with Gasteiger partial charge in [0.1, 0.15) is 6.04 Å². The third-order valence-corrected chi connectivity index (χ3v) is 3.01. The van der Waals surface area contributed by atoms with Gasteiger partial charge < -0.3 is 16.9 Å². The monoisotopic (exact) mass is 261 g/mol. The molecule has 1 aromatic carbocycles. The number of quaternary nitrogens is 1. The fourth-order valence-electron chi connectivity index (χ4n) is 1.24. The number of carbonyl (C=O) groups excluding carboxylic acids is 1. The first kappa shape index (κ1) is 15.4. The molecule has 0 bridgehead atoms. The van der Waals surface area contributed by atoms with Crippen LogP contribution in [0, 0.1) is 0 Å². The molecule has 0 saturated heterocycles.